The number of methoxy groups -OCH3 is 1. The monoisotopic (exact) mass is 213 g/mol. The third kappa shape index (κ3) is 3.20. The van der Waals surface area contributed by atoms with Gasteiger partial charge in [0.2, 0.25) is 0 Å². The maximum absolute atomic E-state index is 5.91. The zero-order chi connectivity index (χ0) is 10.4. The lowest BCUT2D eigenvalue weighted by Gasteiger charge is -2.08. The van der Waals surface area contributed by atoms with Crippen molar-refractivity contribution in [2.45, 2.75) is 19.3 Å². The molecule has 3 heteroatoms. The SMILES string of the molecule is COc1ccc(Cl)cc1CCCCN. The molecule has 1 aromatic rings. The van der Waals surface area contributed by atoms with Gasteiger partial charge in [0.15, 0.2) is 0 Å². The first-order valence-corrected chi connectivity index (χ1v) is 5.18. The maximum atomic E-state index is 5.91. The Morgan fingerprint density at radius 1 is 1.36 bits per heavy atom. The molecule has 2 N–H and O–H groups in total. The predicted molar refractivity (Wildman–Crippen MR) is 60.0 cm³/mol. The van der Waals surface area contributed by atoms with Gasteiger partial charge >= 0.3 is 0 Å². The smallest absolute Gasteiger partial charge is 0.122 e. The Morgan fingerprint density at radius 3 is 2.79 bits per heavy atom. The highest BCUT2D eigenvalue weighted by Gasteiger charge is 2.02. The van der Waals surface area contributed by atoms with Crippen LogP contribution in [0.1, 0.15) is 18.4 Å². The van der Waals surface area contributed by atoms with Gasteiger partial charge in [-0.15, -0.1) is 0 Å². The van der Waals surface area contributed by atoms with E-state index in [0.29, 0.717) is 0 Å². The highest BCUT2D eigenvalue weighted by atomic mass is 35.5. The molecule has 0 amide bonds. The van der Waals surface area contributed by atoms with Crippen LogP contribution < -0.4 is 10.5 Å². The molecular weight excluding hydrogens is 198 g/mol. The van der Waals surface area contributed by atoms with E-state index in [1.54, 1.807) is 7.11 Å². The van der Waals surface area contributed by atoms with Crippen LogP contribution in [0, 0.1) is 0 Å². The lowest BCUT2D eigenvalue weighted by molar-refractivity contribution is 0.409. The fourth-order valence-electron chi connectivity index (χ4n) is 1.40. The van der Waals surface area contributed by atoms with Gasteiger partial charge in [0, 0.05) is 5.02 Å². The molecule has 0 aromatic heterocycles. The van der Waals surface area contributed by atoms with Crippen molar-refractivity contribution in [2.24, 2.45) is 5.73 Å². The molecule has 1 rings (SSSR count). The van der Waals surface area contributed by atoms with Crippen LogP contribution in [0.2, 0.25) is 5.02 Å². The minimum absolute atomic E-state index is 0.739. The molecule has 0 spiro atoms. The van der Waals surface area contributed by atoms with Crippen molar-refractivity contribution < 1.29 is 4.74 Å². The van der Waals surface area contributed by atoms with Gasteiger partial charge in [-0.05, 0) is 49.6 Å². The summed E-state index contributed by atoms with van der Waals surface area (Å²) < 4.78 is 5.24. The number of rotatable bonds is 5. The Bertz CT molecular complexity index is 289. The van der Waals surface area contributed by atoms with E-state index in [9.17, 15) is 0 Å². The number of hydrogen-bond acceptors (Lipinski definition) is 2. The molecule has 1 aromatic carbocycles. The van der Waals surface area contributed by atoms with Crippen LogP contribution in [0.5, 0.6) is 5.75 Å². The number of ether oxygens (including phenoxy) is 1. The van der Waals surface area contributed by atoms with E-state index in [0.717, 1.165) is 42.1 Å². The van der Waals surface area contributed by atoms with Crippen LogP contribution in [0.4, 0.5) is 0 Å². The summed E-state index contributed by atoms with van der Waals surface area (Å²) in [6, 6.07) is 5.70. The molecule has 0 radical (unpaired) electrons. The first-order valence-electron chi connectivity index (χ1n) is 4.80. The van der Waals surface area contributed by atoms with Crippen molar-refractivity contribution in [2.75, 3.05) is 13.7 Å². The first-order chi connectivity index (χ1) is 6.77. The Kier molecular flexibility index (Phi) is 4.77. The summed E-state index contributed by atoms with van der Waals surface area (Å²) in [5, 5.41) is 0.758. The molecule has 0 aliphatic heterocycles. The number of nitrogens with two attached hydrogens (primary N) is 1. The van der Waals surface area contributed by atoms with E-state index in [-0.39, 0.29) is 0 Å². The first kappa shape index (κ1) is 11.3. The maximum Gasteiger partial charge on any atom is 0.122 e. The van der Waals surface area contributed by atoms with Crippen LogP contribution in [-0.2, 0) is 6.42 Å². The van der Waals surface area contributed by atoms with E-state index in [1.807, 2.05) is 18.2 Å². The third-order valence-corrected chi connectivity index (χ3v) is 2.38. The van der Waals surface area contributed by atoms with E-state index >= 15 is 0 Å². The summed E-state index contributed by atoms with van der Waals surface area (Å²) in [4.78, 5) is 0. The van der Waals surface area contributed by atoms with Gasteiger partial charge in [-0.1, -0.05) is 11.6 Å². The van der Waals surface area contributed by atoms with Crippen molar-refractivity contribution in [3.8, 4) is 5.75 Å². The average Bonchev–Trinajstić information content (AvgIpc) is 2.19. The standard InChI is InChI=1S/C11H16ClNO/c1-14-11-6-5-10(12)8-9(11)4-2-3-7-13/h5-6,8H,2-4,7,13H2,1H3. The number of halogens is 1. The molecule has 0 aliphatic rings. The van der Waals surface area contributed by atoms with Crippen LogP contribution >= 0.6 is 11.6 Å². The van der Waals surface area contributed by atoms with Gasteiger partial charge in [-0.25, -0.2) is 0 Å². The zero-order valence-electron chi connectivity index (χ0n) is 8.42. The van der Waals surface area contributed by atoms with E-state index in [4.69, 9.17) is 22.1 Å². The van der Waals surface area contributed by atoms with Crippen molar-refractivity contribution in [3.05, 3.63) is 28.8 Å². The molecule has 0 heterocycles. The minimum atomic E-state index is 0.739. The number of unbranched alkanes of at least 4 members (excludes halogenated alkanes) is 1. The predicted octanol–water partition coefficient (Wildman–Crippen LogP) is 2.63. The molecule has 0 unspecified atom stereocenters. The van der Waals surface area contributed by atoms with Crippen LogP contribution in [0.15, 0.2) is 18.2 Å². The molecule has 0 bridgehead atoms. The molecule has 0 atom stereocenters. The largest absolute Gasteiger partial charge is 0.496 e. The van der Waals surface area contributed by atoms with Gasteiger partial charge in [0.05, 0.1) is 7.11 Å². The van der Waals surface area contributed by atoms with Crippen molar-refractivity contribution in [1.29, 1.82) is 0 Å². The van der Waals surface area contributed by atoms with E-state index < -0.39 is 0 Å². The molecule has 78 valence electrons. The Morgan fingerprint density at radius 2 is 2.14 bits per heavy atom. The topological polar surface area (TPSA) is 35.2 Å². The summed E-state index contributed by atoms with van der Waals surface area (Å²) >= 11 is 5.91. The minimum Gasteiger partial charge on any atom is -0.496 e. The van der Waals surface area contributed by atoms with Crippen molar-refractivity contribution in [3.63, 3.8) is 0 Å². The van der Waals surface area contributed by atoms with Gasteiger partial charge in [0.25, 0.3) is 0 Å². The highest BCUT2D eigenvalue weighted by molar-refractivity contribution is 6.30. The van der Waals surface area contributed by atoms with Gasteiger partial charge in [0.1, 0.15) is 5.75 Å². The number of benzene rings is 1. The van der Waals surface area contributed by atoms with Crippen LogP contribution in [-0.4, -0.2) is 13.7 Å². The third-order valence-electron chi connectivity index (χ3n) is 2.14. The fraction of sp³-hybridized carbons (Fsp3) is 0.455. The second kappa shape index (κ2) is 5.89. The Balaban J connectivity index is 2.67. The van der Waals surface area contributed by atoms with E-state index in [2.05, 4.69) is 0 Å². The second-order valence-electron chi connectivity index (χ2n) is 3.20. The number of hydrogen-bond donors (Lipinski definition) is 1. The van der Waals surface area contributed by atoms with Gasteiger partial charge in [-0.3, -0.25) is 0 Å². The second-order valence-corrected chi connectivity index (χ2v) is 3.64. The van der Waals surface area contributed by atoms with Crippen LogP contribution in [0.3, 0.4) is 0 Å². The van der Waals surface area contributed by atoms with Gasteiger partial charge < -0.3 is 10.5 Å². The quantitative estimate of drug-likeness (QED) is 0.764. The number of aryl methyl sites for hydroxylation is 1. The average molecular weight is 214 g/mol. The van der Waals surface area contributed by atoms with Crippen molar-refractivity contribution in [1.82, 2.24) is 0 Å². The summed E-state index contributed by atoms with van der Waals surface area (Å²) in [6.45, 7) is 0.739. The molecule has 0 saturated heterocycles. The molecule has 0 aliphatic carbocycles. The summed E-state index contributed by atoms with van der Waals surface area (Å²) in [5.74, 6) is 0.909. The molecule has 0 saturated carbocycles. The summed E-state index contributed by atoms with van der Waals surface area (Å²) in [6.07, 6.45) is 3.09. The Hall–Kier alpha value is -0.730. The molecular formula is C11H16ClNO. The fourth-order valence-corrected chi connectivity index (χ4v) is 1.60. The molecule has 14 heavy (non-hydrogen) atoms. The van der Waals surface area contributed by atoms with E-state index in [1.165, 1.54) is 0 Å². The summed E-state index contributed by atoms with van der Waals surface area (Å²) in [7, 11) is 1.68. The summed E-state index contributed by atoms with van der Waals surface area (Å²) in [5.41, 5.74) is 6.60. The Labute approximate surface area is 90.0 Å². The van der Waals surface area contributed by atoms with Crippen molar-refractivity contribution >= 4 is 11.6 Å². The normalized spacial score (nSPS) is 10.2. The molecule has 2 nitrogen and oxygen atoms in total. The highest BCUT2D eigenvalue weighted by Crippen LogP contribution is 2.23. The lowest BCUT2D eigenvalue weighted by atomic mass is 10.1. The zero-order valence-corrected chi connectivity index (χ0v) is 9.18. The van der Waals surface area contributed by atoms with Crippen LogP contribution in [0.25, 0.3) is 0 Å². The van der Waals surface area contributed by atoms with Gasteiger partial charge in [-0.2, -0.15) is 0 Å². The molecule has 0 fully saturated rings. The lowest BCUT2D eigenvalue weighted by Crippen LogP contribution is -1.99.